The van der Waals surface area contributed by atoms with Crippen molar-refractivity contribution in [2.24, 2.45) is 0 Å². The van der Waals surface area contributed by atoms with Gasteiger partial charge in [0.25, 0.3) is 5.91 Å². The van der Waals surface area contributed by atoms with E-state index >= 15 is 0 Å². The molecule has 1 aliphatic rings. The minimum atomic E-state index is -0.0207. The van der Waals surface area contributed by atoms with Gasteiger partial charge in [-0.1, -0.05) is 11.6 Å². The van der Waals surface area contributed by atoms with Crippen LogP contribution in [0.4, 0.5) is 0 Å². The first-order chi connectivity index (χ1) is 11.7. The summed E-state index contributed by atoms with van der Waals surface area (Å²) in [5.74, 6) is 0.362. The lowest BCUT2D eigenvalue weighted by Gasteiger charge is -2.28. The van der Waals surface area contributed by atoms with Gasteiger partial charge in [0.05, 0.1) is 12.8 Å². The standard InChI is InChI=1S/C19H21N3O2/c1-14-5-3-6-16(21-14)13-15-8-11-22(12-9-15)19(23)17-7-4-10-20-18(17)24-2/h3-7,10,13H,8-9,11-12H2,1-2H3. The molecule has 1 amide bonds. The highest BCUT2D eigenvalue weighted by Gasteiger charge is 2.23. The Kier molecular flexibility index (Phi) is 4.89. The molecule has 0 atom stereocenters. The van der Waals surface area contributed by atoms with Gasteiger partial charge < -0.3 is 9.64 Å². The van der Waals surface area contributed by atoms with Crippen molar-refractivity contribution >= 4 is 12.0 Å². The average Bonchev–Trinajstić information content (AvgIpc) is 2.62. The van der Waals surface area contributed by atoms with Crippen LogP contribution in [-0.4, -0.2) is 41.0 Å². The second-order valence-corrected chi connectivity index (χ2v) is 5.86. The molecule has 0 spiro atoms. The third-order valence-electron chi connectivity index (χ3n) is 4.15. The number of carbonyl (C=O) groups is 1. The predicted molar refractivity (Wildman–Crippen MR) is 92.9 cm³/mol. The Morgan fingerprint density at radius 3 is 2.71 bits per heavy atom. The number of methoxy groups -OCH3 is 1. The van der Waals surface area contributed by atoms with E-state index in [0.717, 1.165) is 24.2 Å². The first kappa shape index (κ1) is 16.2. The number of carbonyl (C=O) groups excluding carboxylic acids is 1. The number of likely N-dealkylation sites (tertiary alicyclic amines) is 1. The molecule has 1 fully saturated rings. The van der Waals surface area contributed by atoms with E-state index in [-0.39, 0.29) is 5.91 Å². The van der Waals surface area contributed by atoms with Gasteiger partial charge in [-0.05, 0) is 50.1 Å². The zero-order valence-corrected chi connectivity index (χ0v) is 14.0. The van der Waals surface area contributed by atoms with E-state index in [0.29, 0.717) is 24.5 Å². The topological polar surface area (TPSA) is 55.3 Å². The largest absolute Gasteiger partial charge is 0.480 e. The van der Waals surface area contributed by atoms with Crippen molar-refractivity contribution < 1.29 is 9.53 Å². The molecule has 0 radical (unpaired) electrons. The summed E-state index contributed by atoms with van der Waals surface area (Å²) in [6.45, 7) is 3.40. The minimum absolute atomic E-state index is 0.0207. The van der Waals surface area contributed by atoms with Crippen LogP contribution < -0.4 is 4.74 Å². The molecule has 1 saturated heterocycles. The second kappa shape index (κ2) is 7.25. The van der Waals surface area contributed by atoms with E-state index in [1.165, 1.54) is 12.7 Å². The smallest absolute Gasteiger partial charge is 0.259 e. The summed E-state index contributed by atoms with van der Waals surface area (Å²) >= 11 is 0. The Balaban J connectivity index is 1.67. The third-order valence-corrected chi connectivity index (χ3v) is 4.15. The summed E-state index contributed by atoms with van der Waals surface area (Å²) in [7, 11) is 1.53. The van der Waals surface area contributed by atoms with Gasteiger partial charge in [-0.25, -0.2) is 4.98 Å². The van der Waals surface area contributed by atoms with Gasteiger partial charge in [0.15, 0.2) is 0 Å². The van der Waals surface area contributed by atoms with Crippen molar-refractivity contribution in [3.63, 3.8) is 0 Å². The zero-order valence-electron chi connectivity index (χ0n) is 14.0. The fraction of sp³-hybridized carbons (Fsp3) is 0.316. The van der Waals surface area contributed by atoms with Crippen molar-refractivity contribution in [2.45, 2.75) is 19.8 Å². The molecule has 1 aliphatic heterocycles. The number of hydrogen-bond acceptors (Lipinski definition) is 4. The van der Waals surface area contributed by atoms with E-state index in [4.69, 9.17) is 4.74 Å². The predicted octanol–water partition coefficient (Wildman–Crippen LogP) is 3.11. The Labute approximate surface area is 142 Å². The number of hydrogen-bond donors (Lipinski definition) is 0. The molecule has 124 valence electrons. The van der Waals surface area contributed by atoms with Gasteiger partial charge in [-0.2, -0.15) is 0 Å². The first-order valence-corrected chi connectivity index (χ1v) is 8.09. The molecule has 0 N–H and O–H groups in total. The molecular formula is C19H21N3O2. The lowest BCUT2D eigenvalue weighted by Crippen LogP contribution is -2.36. The highest BCUT2D eigenvalue weighted by Crippen LogP contribution is 2.23. The van der Waals surface area contributed by atoms with Crippen LogP contribution >= 0.6 is 0 Å². The maximum Gasteiger partial charge on any atom is 0.259 e. The van der Waals surface area contributed by atoms with E-state index < -0.39 is 0 Å². The molecule has 3 rings (SSSR count). The van der Waals surface area contributed by atoms with Crippen molar-refractivity contribution in [1.29, 1.82) is 0 Å². The number of aromatic nitrogens is 2. The highest BCUT2D eigenvalue weighted by atomic mass is 16.5. The number of pyridine rings is 2. The zero-order chi connectivity index (χ0) is 16.9. The van der Waals surface area contributed by atoms with Gasteiger partial charge in [-0.3, -0.25) is 9.78 Å². The molecular weight excluding hydrogens is 302 g/mol. The quantitative estimate of drug-likeness (QED) is 0.871. The van der Waals surface area contributed by atoms with E-state index in [1.54, 1.807) is 18.3 Å². The fourth-order valence-electron chi connectivity index (χ4n) is 2.88. The van der Waals surface area contributed by atoms with Crippen molar-refractivity contribution in [3.05, 3.63) is 59.1 Å². The average molecular weight is 323 g/mol. The molecule has 2 aromatic rings. The van der Waals surface area contributed by atoms with E-state index in [9.17, 15) is 4.79 Å². The lowest BCUT2D eigenvalue weighted by atomic mass is 10.0. The summed E-state index contributed by atoms with van der Waals surface area (Å²) in [6.07, 6.45) is 5.49. The monoisotopic (exact) mass is 323 g/mol. The number of aryl methyl sites for hydroxylation is 1. The van der Waals surface area contributed by atoms with Crippen LogP contribution in [0.1, 0.15) is 34.6 Å². The summed E-state index contributed by atoms with van der Waals surface area (Å²) in [5, 5.41) is 0. The first-order valence-electron chi connectivity index (χ1n) is 8.09. The molecule has 0 bridgehead atoms. The Morgan fingerprint density at radius 2 is 2.00 bits per heavy atom. The van der Waals surface area contributed by atoms with Crippen LogP contribution in [0, 0.1) is 6.92 Å². The number of ether oxygens (including phenoxy) is 1. The van der Waals surface area contributed by atoms with Crippen LogP contribution in [0.5, 0.6) is 5.88 Å². The van der Waals surface area contributed by atoms with Gasteiger partial charge in [-0.15, -0.1) is 0 Å². The fourth-order valence-corrected chi connectivity index (χ4v) is 2.88. The summed E-state index contributed by atoms with van der Waals surface area (Å²) in [4.78, 5) is 23.1. The molecule has 5 nitrogen and oxygen atoms in total. The van der Waals surface area contributed by atoms with Crippen LogP contribution in [0.2, 0.25) is 0 Å². The number of nitrogens with zero attached hydrogens (tertiary/aromatic N) is 3. The molecule has 24 heavy (non-hydrogen) atoms. The second-order valence-electron chi connectivity index (χ2n) is 5.86. The summed E-state index contributed by atoms with van der Waals surface area (Å²) in [5.41, 5.74) is 3.85. The lowest BCUT2D eigenvalue weighted by molar-refractivity contribution is 0.0739. The van der Waals surface area contributed by atoms with Gasteiger partial charge in [0, 0.05) is 25.0 Å². The molecule has 0 saturated carbocycles. The normalized spacial score (nSPS) is 14.4. The summed E-state index contributed by atoms with van der Waals surface area (Å²) in [6, 6.07) is 9.54. The summed E-state index contributed by atoms with van der Waals surface area (Å²) < 4.78 is 5.19. The maximum absolute atomic E-state index is 12.7. The van der Waals surface area contributed by atoms with Crippen LogP contribution in [0.25, 0.3) is 6.08 Å². The van der Waals surface area contributed by atoms with E-state index in [1.807, 2.05) is 30.0 Å². The molecule has 5 heteroatoms. The van der Waals surface area contributed by atoms with Crippen LogP contribution in [0.3, 0.4) is 0 Å². The SMILES string of the molecule is COc1ncccc1C(=O)N1CCC(=Cc2cccc(C)n2)CC1. The van der Waals surface area contributed by atoms with Gasteiger partial charge in [0.1, 0.15) is 5.56 Å². The minimum Gasteiger partial charge on any atom is -0.480 e. The molecule has 0 aromatic carbocycles. The van der Waals surface area contributed by atoms with E-state index in [2.05, 4.69) is 16.0 Å². The molecule has 2 aromatic heterocycles. The Hall–Kier alpha value is -2.69. The highest BCUT2D eigenvalue weighted by molar-refractivity contribution is 5.96. The van der Waals surface area contributed by atoms with Crippen molar-refractivity contribution in [2.75, 3.05) is 20.2 Å². The van der Waals surface area contributed by atoms with Gasteiger partial charge >= 0.3 is 0 Å². The molecule has 0 aliphatic carbocycles. The Bertz CT molecular complexity index is 761. The maximum atomic E-state index is 12.7. The number of amides is 1. The third kappa shape index (κ3) is 3.62. The number of rotatable bonds is 3. The van der Waals surface area contributed by atoms with Crippen molar-refractivity contribution in [3.8, 4) is 5.88 Å². The molecule has 3 heterocycles. The van der Waals surface area contributed by atoms with Crippen LogP contribution in [-0.2, 0) is 0 Å². The van der Waals surface area contributed by atoms with Crippen molar-refractivity contribution in [1.82, 2.24) is 14.9 Å². The van der Waals surface area contributed by atoms with Crippen LogP contribution in [0.15, 0.2) is 42.1 Å². The number of piperidine rings is 1. The van der Waals surface area contributed by atoms with Gasteiger partial charge in [0.2, 0.25) is 5.88 Å². The Morgan fingerprint density at radius 1 is 1.21 bits per heavy atom. The molecule has 0 unspecified atom stereocenters.